The van der Waals surface area contributed by atoms with E-state index in [1.54, 1.807) is 0 Å². The van der Waals surface area contributed by atoms with Crippen molar-refractivity contribution >= 4 is 39.3 Å². The summed E-state index contributed by atoms with van der Waals surface area (Å²) < 4.78 is 1.51. The molecule has 0 radical (unpaired) electrons. The molecule has 146 valence electrons. The Labute approximate surface area is 180 Å². The number of fused-ring (bicyclic) bond motifs is 2. The zero-order chi connectivity index (χ0) is 20.7. The second kappa shape index (κ2) is 7.41. The Kier molecular flexibility index (Phi) is 4.71. The number of benzene rings is 4. The molecular formula is C28H25GeN. The summed E-state index contributed by atoms with van der Waals surface area (Å²) in [7, 11) is 0. The van der Waals surface area contributed by atoms with Crippen LogP contribution in [0, 0.1) is 0 Å². The standard InChI is InChI=1S/C28H25GeN/c1-29(2,3)24-15-16-27-26(18-24)25(21-10-5-4-6-11-21)19-28(30-27)23-14-13-20-9-7-8-12-22(20)17-23/h4-19H,1-3H3. The molecule has 0 aliphatic rings. The van der Waals surface area contributed by atoms with Crippen molar-refractivity contribution in [2.75, 3.05) is 0 Å². The maximum absolute atomic E-state index is 5.08. The Morgan fingerprint density at radius 1 is 0.600 bits per heavy atom. The third-order valence-corrected chi connectivity index (χ3v) is 10.1. The van der Waals surface area contributed by atoms with Crippen molar-refractivity contribution in [3.63, 3.8) is 0 Å². The zero-order valence-electron chi connectivity index (χ0n) is 17.7. The Morgan fingerprint density at radius 2 is 1.33 bits per heavy atom. The van der Waals surface area contributed by atoms with Gasteiger partial charge < -0.3 is 0 Å². The first-order valence-electron chi connectivity index (χ1n) is 10.5. The molecule has 4 aromatic carbocycles. The topological polar surface area (TPSA) is 12.9 Å². The van der Waals surface area contributed by atoms with Gasteiger partial charge in [0.2, 0.25) is 0 Å². The van der Waals surface area contributed by atoms with Gasteiger partial charge in [0.15, 0.2) is 0 Å². The zero-order valence-corrected chi connectivity index (χ0v) is 19.8. The molecule has 0 N–H and O–H groups in total. The van der Waals surface area contributed by atoms with Crippen LogP contribution in [0.2, 0.25) is 17.3 Å². The van der Waals surface area contributed by atoms with E-state index in [2.05, 4.69) is 114 Å². The van der Waals surface area contributed by atoms with E-state index in [4.69, 9.17) is 4.98 Å². The fourth-order valence-corrected chi connectivity index (χ4v) is 6.48. The second-order valence-electron chi connectivity index (χ2n) is 8.96. The SMILES string of the molecule is [CH3][Ge]([CH3])([CH3])[c]1ccc2nc(-c3ccc4ccccc4c3)cc(-c3ccccc3)c2c1. The van der Waals surface area contributed by atoms with Crippen molar-refractivity contribution in [3.05, 3.63) is 97.1 Å². The van der Waals surface area contributed by atoms with Gasteiger partial charge in [-0.3, -0.25) is 0 Å². The molecular weight excluding hydrogens is 423 g/mol. The molecule has 0 spiro atoms. The molecule has 0 aliphatic carbocycles. The van der Waals surface area contributed by atoms with Gasteiger partial charge in [-0.05, 0) is 0 Å². The van der Waals surface area contributed by atoms with Crippen molar-refractivity contribution in [1.29, 1.82) is 0 Å². The summed E-state index contributed by atoms with van der Waals surface area (Å²) >= 11 is -1.94. The number of hydrogen-bond donors (Lipinski definition) is 0. The van der Waals surface area contributed by atoms with Crippen molar-refractivity contribution in [2.45, 2.75) is 17.3 Å². The minimum absolute atomic E-state index is 1.03. The number of rotatable bonds is 3. The summed E-state index contributed by atoms with van der Waals surface area (Å²) in [5, 5.41) is 3.75. The van der Waals surface area contributed by atoms with Gasteiger partial charge in [0.05, 0.1) is 0 Å². The first-order chi connectivity index (χ1) is 14.5. The Bertz CT molecular complexity index is 1360. The van der Waals surface area contributed by atoms with E-state index in [1.165, 1.54) is 31.7 Å². The summed E-state index contributed by atoms with van der Waals surface area (Å²) in [4.78, 5) is 5.08. The first-order valence-corrected chi connectivity index (χ1v) is 17.8. The second-order valence-corrected chi connectivity index (χ2v) is 19.6. The molecule has 0 fully saturated rings. The summed E-state index contributed by atoms with van der Waals surface area (Å²) in [6.45, 7) is 0. The van der Waals surface area contributed by atoms with E-state index in [-0.39, 0.29) is 0 Å². The maximum atomic E-state index is 5.08. The van der Waals surface area contributed by atoms with Gasteiger partial charge in [-0.2, -0.15) is 0 Å². The van der Waals surface area contributed by atoms with Crippen LogP contribution in [0.25, 0.3) is 44.1 Å². The third kappa shape index (κ3) is 3.55. The summed E-state index contributed by atoms with van der Waals surface area (Å²) in [6.07, 6.45) is 0. The van der Waals surface area contributed by atoms with Crippen LogP contribution < -0.4 is 4.40 Å². The third-order valence-electron chi connectivity index (χ3n) is 5.80. The Hall–Kier alpha value is -2.91. The van der Waals surface area contributed by atoms with Crippen molar-refractivity contribution in [3.8, 4) is 22.4 Å². The van der Waals surface area contributed by atoms with Gasteiger partial charge in [-0.25, -0.2) is 0 Å². The molecule has 1 heterocycles. The average Bonchev–Trinajstić information content (AvgIpc) is 2.77. The molecule has 5 aromatic rings. The van der Waals surface area contributed by atoms with Crippen LogP contribution in [0.1, 0.15) is 0 Å². The molecule has 30 heavy (non-hydrogen) atoms. The summed E-state index contributed by atoms with van der Waals surface area (Å²) in [6, 6.07) is 35.0. The summed E-state index contributed by atoms with van der Waals surface area (Å²) in [5.74, 6) is 7.33. The predicted octanol–water partition coefficient (Wildman–Crippen LogP) is 7.27. The minimum atomic E-state index is -1.94. The van der Waals surface area contributed by atoms with Crippen LogP contribution in [0.15, 0.2) is 97.1 Å². The van der Waals surface area contributed by atoms with E-state index in [0.29, 0.717) is 0 Å². The monoisotopic (exact) mass is 449 g/mol. The van der Waals surface area contributed by atoms with E-state index in [0.717, 1.165) is 16.8 Å². The molecule has 0 atom stereocenters. The molecule has 0 aliphatic heterocycles. The molecule has 1 aromatic heterocycles. The number of nitrogens with zero attached hydrogens (tertiary/aromatic N) is 1. The number of pyridine rings is 1. The number of aromatic nitrogens is 1. The summed E-state index contributed by atoms with van der Waals surface area (Å²) in [5.41, 5.74) is 5.75. The van der Waals surface area contributed by atoms with Crippen LogP contribution in [0.3, 0.4) is 0 Å². The van der Waals surface area contributed by atoms with E-state index < -0.39 is 13.3 Å². The van der Waals surface area contributed by atoms with E-state index in [1.807, 2.05) is 0 Å². The van der Waals surface area contributed by atoms with Gasteiger partial charge in [0.1, 0.15) is 0 Å². The van der Waals surface area contributed by atoms with Crippen LogP contribution in [-0.2, 0) is 0 Å². The number of hydrogen-bond acceptors (Lipinski definition) is 1. The van der Waals surface area contributed by atoms with Gasteiger partial charge in [0, 0.05) is 0 Å². The Morgan fingerprint density at radius 3 is 2.10 bits per heavy atom. The predicted molar refractivity (Wildman–Crippen MR) is 133 cm³/mol. The molecule has 5 rings (SSSR count). The van der Waals surface area contributed by atoms with E-state index in [9.17, 15) is 0 Å². The van der Waals surface area contributed by atoms with Crippen molar-refractivity contribution < 1.29 is 0 Å². The first kappa shape index (κ1) is 19.1. The van der Waals surface area contributed by atoms with Crippen LogP contribution in [0.4, 0.5) is 0 Å². The molecule has 0 saturated heterocycles. The van der Waals surface area contributed by atoms with Crippen LogP contribution in [0.5, 0.6) is 0 Å². The van der Waals surface area contributed by atoms with Crippen LogP contribution in [-0.4, -0.2) is 18.3 Å². The quantitative estimate of drug-likeness (QED) is 0.265. The van der Waals surface area contributed by atoms with Crippen molar-refractivity contribution in [1.82, 2.24) is 4.98 Å². The van der Waals surface area contributed by atoms with Gasteiger partial charge in [-0.15, -0.1) is 0 Å². The molecule has 0 unspecified atom stereocenters. The fourth-order valence-electron chi connectivity index (χ4n) is 4.05. The Balaban J connectivity index is 1.77. The van der Waals surface area contributed by atoms with Gasteiger partial charge in [-0.1, -0.05) is 0 Å². The average molecular weight is 448 g/mol. The van der Waals surface area contributed by atoms with Gasteiger partial charge in [0.25, 0.3) is 0 Å². The normalized spacial score (nSPS) is 11.8. The molecule has 0 amide bonds. The molecule has 2 heteroatoms. The fraction of sp³-hybridized carbons (Fsp3) is 0.107. The van der Waals surface area contributed by atoms with E-state index >= 15 is 0 Å². The van der Waals surface area contributed by atoms with Crippen LogP contribution >= 0.6 is 0 Å². The molecule has 0 bridgehead atoms. The van der Waals surface area contributed by atoms with Gasteiger partial charge >= 0.3 is 181 Å². The van der Waals surface area contributed by atoms with Crippen molar-refractivity contribution in [2.24, 2.45) is 0 Å². The molecule has 1 nitrogen and oxygen atoms in total. The molecule has 0 saturated carbocycles.